The number of hydrogen-bond acceptors (Lipinski definition) is 2. The van der Waals surface area contributed by atoms with Crippen molar-refractivity contribution in [2.75, 3.05) is 0 Å². The molecule has 0 bridgehead atoms. The predicted molar refractivity (Wildman–Crippen MR) is 59.1 cm³/mol. The molecule has 0 rings (SSSR count). The Kier molecular flexibility index (Phi) is 4.89. The molecule has 0 heterocycles. The average Bonchev–Trinajstić information content (AvgIpc) is 2.03. The van der Waals surface area contributed by atoms with E-state index in [1.165, 1.54) is 0 Å². The van der Waals surface area contributed by atoms with Gasteiger partial charge in [0.15, 0.2) is 0 Å². The van der Waals surface area contributed by atoms with Crippen LogP contribution in [-0.2, 0) is 9.53 Å². The normalized spacial score (nSPS) is 15.0. The Morgan fingerprint density at radius 2 is 2.00 bits per heavy atom. The van der Waals surface area contributed by atoms with Crippen molar-refractivity contribution >= 4 is 5.97 Å². The monoisotopic (exact) mass is 198 g/mol. The van der Waals surface area contributed by atoms with Gasteiger partial charge in [0.25, 0.3) is 0 Å². The molecule has 1 unspecified atom stereocenters. The van der Waals surface area contributed by atoms with Crippen LogP contribution in [0.2, 0.25) is 0 Å². The minimum absolute atomic E-state index is 0.283. The first kappa shape index (κ1) is 13.2. The maximum Gasteiger partial charge on any atom is 0.333 e. The minimum Gasteiger partial charge on any atom is -0.456 e. The van der Waals surface area contributed by atoms with Crippen molar-refractivity contribution in [2.45, 2.75) is 53.1 Å². The molecular weight excluding hydrogens is 176 g/mol. The van der Waals surface area contributed by atoms with E-state index < -0.39 is 0 Å². The molecule has 0 saturated heterocycles. The zero-order valence-electron chi connectivity index (χ0n) is 10.0. The van der Waals surface area contributed by atoms with Gasteiger partial charge >= 0.3 is 5.97 Å². The highest BCUT2D eigenvalue weighted by Crippen LogP contribution is 2.27. The van der Waals surface area contributed by atoms with Gasteiger partial charge < -0.3 is 4.74 Å². The Labute approximate surface area is 87.3 Å². The van der Waals surface area contributed by atoms with E-state index in [-0.39, 0.29) is 11.6 Å². The molecule has 0 N–H and O–H groups in total. The van der Waals surface area contributed by atoms with Crippen LogP contribution in [0.4, 0.5) is 0 Å². The summed E-state index contributed by atoms with van der Waals surface area (Å²) in [6.07, 6.45) is 1.90. The van der Waals surface area contributed by atoms with E-state index >= 15 is 0 Å². The number of carbonyl (C=O) groups excluding carboxylic acids is 1. The number of carbonyl (C=O) groups is 1. The van der Waals surface area contributed by atoms with Crippen LogP contribution in [0.1, 0.15) is 47.5 Å². The molecule has 82 valence electrons. The van der Waals surface area contributed by atoms with Gasteiger partial charge in [-0.15, -0.1) is 0 Å². The van der Waals surface area contributed by atoms with Crippen LogP contribution in [0.15, 0.2) is 12.2 Å². The summed E-state index contributed by atoms with van der Waals surface area (Å²) in [4.78, 5) is 11.4. The molecule has 0 aromatic carbocycles. The van der Waals surface area contributed by atoms with Crippen molar-refractivity contribution < 1.29 is 9.53 Å². The second-order valence-corrected chi connectivity index (χ2v) is 4.39. The van der Waals surface area contributed by atoms with Crippen molar-refractivity contribution in [3.8, 4) is 0 Å². The molecule has 0 amide bonds. The van der Waals surface area contributed by atoms with E-state index in [1.807, 2.05) is 6.92 Å². The first-order valence-corrected chi connectivity index (χ1v) is 5.22. The van der Waals surface area contributed by atoms with Crippen molar-refractivity contribution in [3.63, 3.8) is 0 Å². The highest BCUT2D eigenvalue weighted by atomic mass is 16.6. The molecule has 0 aliphatic carbocycles. The molecule has 0 aliphatic heterocycles. The lowest BCUT2D eigenvalue weighted by Crippen LogP contribution is -2.37. The summed E-state index contributed by atoms with van der Waals surface area (Å²) < 4.78 is 5.46. The number of ether oxygens (including phenoxy) is 1. The maximum absolute atomic E-state index is 11.4. The Hall–Kier alpha value is -0.790. The Balaban J connectivity index is 4.52. The lowest BCUT2D eigenvalue weighted by Gasteiger charge is -2.33. The van der Waals surface area contributed by atoms with Gasteiger partial charge in [-0.1, -0.05) is 33.8 Å². The Bertz CT molecular complexity index is 218. The van der Waals surface area contributed by atoms with Gasteiger partial charge in [0.1, 0.15) is 5.60 Å². The number of esters is 1. The highest BCUT2D eigenvalue weighted by molar-refractivity contribution is 5.87. The SMILES string of the molecule is C=C(C)C(=O)OC(C)(CCC)C(C)C. The molecule has 0 radical (unpaired) electrons. The average molecular weight is 198 g/mol. The molecule has 0 aliphatic rings. The lowest BCUT2D eigenvalue weighted by atomic mass is 9.88. The van der Waals surface area contributed by atoms with Gasteiger partial charge in [0.2, 0.25) is 0 Å². The number of hydrogen-bond donors (Lipinski definition) is 0. The summed E-state index contributed by atoms with van der Waals surface area (Å²) in [5, 5.41) is 0. The van der Waals surface area contributed by atoms with Crippen molar-refractivity contribution in [1.29, 1.82) is 0 Å². The Morgan fingerprint density at radius 3 is 2.29 bits per heavy atom. The molecule has 0 saturated carbocycles. The minimum atomic E-state index is -0.356. The number of rotatable bonds is 5. The summed E-state index contributed by atoms with van der Waals surface area (Å²) in [7, 11) is 0. The van der Waals surface area contributed by atoms with Crippen molar-refractivity contribution in [2.24, 2.45) is 5.92 Å². The fourth-order valence-electron chi connectivity index (χ4n) is 1.25. The molecule has 0 fully saturated rings. The molecule has 0 aromatic rings. The van der Waals surface area contributed by atoms with Gasteiger partial charge in [-0.05, 0) is 26.2 Å². The summed E-state index contributed by atoms with van der Waals surface area (Å²) in [6, 6.07) is 0. The topological polar surface area (TPSA) is 26.3 Å². The smallest absolute Gasteiger partial charge is 0.333 e. The second-order valence-electron chi connectivity index (χ2n) is 4.39. The lowest BCUT2D eigenvalue weighted by molar-refractivity contribution is -0.158. The first-order chi connectivity index (χ1) is 6.33. The van der Waals surface area contributed by atoms with Crippen LogP contribution in [0.25, 0.3) is 0 Å². The summed E-state index contributed by atoms with van der Waals surface area (Å²) in [6.45, 7) is 13.5. The van der Waals surface area contributed by atoms with Crippen molar-refractivity contribution in [1.82, 2.24) is 0 Å². The van der Waals surface area contributed by atoms with E-state index in [4.69, 9.17) is 4.74 Å². The van der Waals surface area contributed by atoms with Crippen LogP contribution in [-0.4, -0.2) is 11.6 Å². The van der Waals surface area contributed by atoms with Crippen LogP contribution in [0.5, 0.6) is 0 Å². The fraction of sp³-hybridized carbons (Fsp3) is 0.750. The van der Waals surface area contributed by atoms with E-state index in [2.05, 4.69) is 27.4 Å². The van der Waals surface area contributed by atoms with Gasteiger partial charge in [0.05, 0.1) is 0 Å². The first-order valence-electron chi connectivity index (χ1n) is 5.22. The quantitative estimate of drug-likeness (QED) is 0.500. The molecular formula is C12H22O2. The van der Waals surface area contributed by atoms with Gasteiger partial charge in [0, 0.05) is 5.57 Å². The molecule has 0 aromatic heterocycles. The van der Waals surface area contributed by atoms with Gasteiger partial charge in [-0.2, -0.15) is 0 Å². The van der Waals surface area contributed by atoms with Gasteiger partial charge in [-0.25, -0.2) is 4.79 Å². The molecule has 0 spiro atoms. The highest BCUT2D eigenvalue weighted by Gasteiger charge is 2.31. The molecule has 14 heavy (non-hydrogen) atoms. The van der Waals surface area contributed by atoms with Gasteiger partial charge in [-0.3, -0.25) is 0 Å². The summed E-state index contributed by atoms with van der Waals surface area (Å²) in [5.41, 5.74) is 0.109. The van der Waals surface area contributed by atoms with E-state index in [0.29, 0.717) is 11.5 Å². The predicted octanol–water partition coefficient (Wildman–Crippen LogP) is 3.32. The molecule has 2 nitrogen and oxygen atoms in total. The van der Waals surface area contributed by atoms with E-state index in [0.717, 1.165) is 12.8 Å². The summed E-state index contributed by atoms with van der Waals surface area (Å²) in [5.74, 6) is 0.0420. The maximum atomic E-state index is 11.4. The third-order valence-electron chi connectivity index (χ3n) is 2.64. The Morgan fingerprint density at radius 1 is 1.50 bits per heavy atom. The van der Waals surface area contributed by atoms with E-state index in [9.17, 15) is 4.79 Å². The fourth-order valence-corrected chi connectivity index (χ4v) is 1.25. The van der Waals surface area contributed by atoms with Crippen LogP contribution < -0.4 is 0 Å². The second kappa shape index (κ2) is 5.18. The zero-order valence-corrected chi connectivity index (χ0v) is 10.0. The van der Waals surface area contributed by atoms with E-state index in [1.54, 1.807) is 6.92 Å². The largest absolute Gasteiger partial charge is 0.456 e. The molecule has 1 atom stereocenters. The third-order valence-corrected chi connectivity index (χ3v) is 2.64. The summed E-state index contributed by atoms with van der Waals surface area (Å²) >= 11 is 0. The van der Waals surface area contributed by atoms with Crippen molar-refractivity contribution in [3.05, 3.63) is 12.2 Å². The zero-order chi connectivity index (χ0) is 11.4. The van der Waals surface area contributed by atoms with Crippen LogP contribution in [0.3, 0.4) is 0 Å². The standard InChI is InChI=1S/C12H22O2/c1-7-8-12(6,10(4)5)14-11(13)9(2)3/h10H,2,7-8H2,1,3-6H3. The third kappa shape index (κ3) is 3.52. The van der Waals surface area contributed by atoms with Crippen LogP contribution >= 0.6 is 0 Å². The molecule has 2 heteroatoms. The van der Waals surface area contributed by atoms with Crippen LogP contribution in [0, 0.1) is 5.92 Å².